The van der Waals surface area contributed by atoms with Crippen LogP contribution in [0.4, 0.5) is 0 Å². The van der Waals surface area contributed by atoms with E-state index in [1.165, 1.54) is 0 Å². The van der Waals surface area contributed by atoms with E-state index in [4.69, 9.17) is 23.2 Å². The Morgan fingerprint density at radius 2 is 1.27 bits per heavy atom. The largest absolute Gasteiger partial charge is 0.288 e. The Hall–Kier alpha value is -2.42. The lowest BCUT2D eigenvalue weighted by Crippen LogP contribution is -2.18. The van der Waals surface area contributed by atoms with Crippen molar-refractivity contribution in [2.75, 3.05) is 0 Å². The van der Waals surface area contributed by atoms with Crippen LogP contribution in [0.2, 0.25) is 0 Å². The van der Waals surface area contributed by atoms with E-state index in [0.29, 0.717) is 11.1 Å². The lowest BCUT2D eigenvalue weighted by atomic mass is 9.85. The number of ketones is 2. The van der Waals surface area contributed by atoms with Crippen LogP contribution >= 0.6 is 23.2 Å². The highest BCUT2D eigenvalue weighted by molar-refractivity contribution is 6.60. The van der Waals surface area contributed by atoms with Gasteiger partial charge in [-0.1, -0.05) is 76.8 Å². The van der Waals surface area contributed by atoms with Gasteiger partial charge in [-0.05, 0) is 41.8 Å². The minimum absolute atomic E-state index is 0.213. The molecule has 26 heavy (non-hydrogen) atoms. The summed E-state index contributed by atoms with van der Waals surface area (Å²) in [7, 11) is 0. The monoisotopic (exact) mass is 380 g/mol. The third kappa shape index (κ3) is 2.49. The average Bonchev–Trinajstić information content (AvgIpc) is 2.64. The van der Waals surface area contributed by atoms with Crippen LogP contribution in [0.3, 0.4) is 0 Å². The van der Waals surface area contributed by atoms with E-state index in [1.807, 2.05) is 56.3 Å². The summed E-state index contributed by atoms with van der Waals surface area (Å²) in [5.41, 5.74) is 4.65. The summed E-state index contributed by atoms with van der Waals surface area (Å²) in [4.78, 5) is 25.5. The fraction of sp³-hybridized carbons (Fsp3) is 0.0909. The van der Waals surface area contributed by atoms with Gasteiger partial charge in [-0.2, -0.15) is 0 Å². The molecule has 0 fully saturated rings. The summed E-state index contributed by atoms with van der Waals surface area (Å²) in [6, 6.07) is 15.7. The summed E-state index contributed by atoms with van der Waals surface area (Å²) >= 11 is 12.1. The normalized spacial score (nSPS) is 14.2. The summed E-state index contributed by atoms with van der Waals surface area (Å²) in [6.45, 7) is 3.97. The van der Waals surface area contributed by atoms with Gasteiger partial charge in [0.2, 0.25) is 11.6 Å². The van der Waals surface area contributed by atoms with Gasteiger partial charge in [0, 0.05) is 11.1 Å². The highest BCUT2D eigenvalue weighted by atomic mass is 35.5. The molecule has 0 unspecified atom stereocenters. The molecule has 0 heterocycles. The average molecular weight is 381 g/mol. The third-order valence-electron chi connectivity index (χ3n) is 4.72. The quantitative estimate of drug-likeness (QED) is 0.504. The van der Waals surface area contributed by atoms with E-state index in [2.05, 4.69) is 0 Å². The first-order valence-corrected chi connectivity index (χ1v) is 8.93. The molecule has 0 radical (unpaired) electrons. The summed E-state index contributed by atoms with van der Waals surface area (Å²) in [5, 5.41) is 1.20. The second kappa shape index (κ2) is 6.08. The number of benzene rings is 3. The molecule has 0 atom stereocenters. The van der Waals surface area contributed by atoms with Crippen molar-refractivity contribution in [2.24, 2.45) is 0 Å². The zero-order valence-corrected chi connectivity index (χ0v) is 15.7. The number of carbonyl (C=O) groups excluding carboxylic acids is 2. The maximum Gasteiger partial charge on any atom is 0.207 e. The van der Waals surface area contributed by atoms with Crippen molar-refractivity contribution in [2.45, 2.75) is 13.8 Å². The third-order valence-corrected chi connectivity index (χ3v) is 5.54. The number of hydrogen-bond acceptors (Lipinski definition) is 2. The van der Waals surface area contributed by atoms with Crippen LogP contribution in [-0.4, -0.2) is 11.6 Å². The molecule has 1 aliphatic carbocycles. The van der Waals surface area contributed by atoms with Gasteiger partial charge in [0.05, 0.1) is 0 Å². The molecule has 0 aliphatic heterocycles. The van der Waals surface area contributed by atoms with Gasteiger partial charge in [0.25, 0.3) is 0 Å². The first-order valence-electron chi connectivity index (χ1n) is 8.17. The van der Waals surface area contributed by atoms with Crippen LogP contribution in [0.25, 0.3) is 21.9 Å². The molecule has 0 amide bonds. The van der Waals surface area contributed by atoms with Crippen LogP contribution in [0.5, 0.6) is 0 Å². The standard InChI is InChI=1S/C22H14Cl2O2/c1-11-3-6-13(7-4-11)15-10-17-18(16-9-12(2)5-8-14(15)16)22(26)20(24)19(23)21(17)25/h3-10H,1-2H3. The number of Topliss-reactive ketones (excluding diaryl/α,β-unsaturated/α-hetero) is 2. The molecule has 3 aromatic carbocycles. The first-order chi connectivity index (χ1) is 12.4. The van der Waals surface area contributed by atoms with Crippen LogP contribution in [0.1, 0.15) is 31.8 Å². The molecule has 0 N–H and O–H groups in total. The molecular formula is C22H14Cl2O2. The zero-order chi connectivity index (χ0) is 18.6. The van der Waals surface area contributed by atoms with Crippen molar-refractivity contribution in [3.05, 3.63) is 80.8 Å². The maximum atomic E-state index is 12.8. The van der Waals surface area contributed by atoms with Gasteiger partial charge in [-0.15, -0.1) is 0 Å². The molecule has 1 aliphatic rings. The van der Waals surface area contributed by atoms with E-state index in [9.17, 15) is 9.59 Å². The smallest absolute Gasteiger partial charge is 0.207 e. The Labute approximate surface area is 161 Å². The zero-order valence-electron chi connectivity index (χ0n) is 14.2. The Morgan fingerprint density at radius 1 is 0.654 bits per heavy atom. The van der Waals surface area contributed by atoms with Crippen molar-refractivity contribution >= 4 is 45.5 Å². The van der Waals surface area contributed by atoms with Crippen molar-refractivity contribution in [3.63, 3.8) is 0 Å². The number of aryl methyl sites for hydroxylation is 2. The molecule has 2 nitrogen and oxygen atoms in total. The number of rotatable bonds is 1. The molecule has 0 bridgehead atoms. The van der Waals surface area contributed by atoms with Gasteiger partial charge in [0.15, 0.2) is 0 Å². The van der Waals surface area contributed by atoms with Crippen molar-refractivity contribution in [3.8, 4) is 11.1 Å². The number of halogens is 2. The number of hydrogen-bond donors (Lipinski definition) is 0. The molecule has 0 aromatic heterocycles. The van der Waals surface area contributed by atoms with E-state index in [0.717, 1.165) is 33.0 Å². The number of carbonyl (C=O) groups is 2. The second-order valence-corrected chi connectivity index (χ2v) is 7.30. The Morgan fingerprint density at radius 3 is 1.96 bits per heavy atom. The number of allylic oxidation sites excluding steroid dienone is 2. The summed E-state index contributed by atoms with van der Waals surface area (Å²) < 4.78 is 0. The second-order valence-electron chi connectivity index (χ2n) is 6.55. The molecule has 3 aromatic rings. The highest BCUT2D eigenvalue weighted by Crippen LogP contribution is 2.40. The predicted molar refractivity (Wildman–Crippen MR) is 106 cm³/mol. The van der Waals surface area contributed by atoms with Crippen molar-refractivity contribution in [1.29, 1.82) is 0 Å². The molecule has 4 rings (SSSR count). The minimum Gasteiger partial charge on any atom is -0.288 e. The Bertz CT molecular complexity index is 1140. The maximum absolute atomic E-state index is 12.8. The Kier molecular flexibility index (Phi) is 3.98. The number of fused-ring (bicyclic) bond motifs is 3. The first kappa shape index (κ1) is 17.0. The van der Waals surface area contributed by atoms with Crippen LogP contribution in [0.15, 0.2) is 58.6 Å². The lowest BCUT2D eigenvalue weighted by Gasteiger charge is -2.19. The molecule has 0 spiro atoms. The van der Waals surface area contributed by atoms with Gasteiger partial charge < -0.3 is 0 Å². The molecular weight excluding hydrogens is 367 g/mol. The molecule has 0 saturated carbocycles. The summed E-state index contributed by atoms with van der Waals surface area (Å²) in [6.07, 6.45) is 0. The fourth-order valence-corrected chi connectivity index (χ4v) is 3.73. The predicted octanol–water partition coefficient (Wildman–Crippen LogP) is 6.19. The van der Waals surface area contributed by atoms with Crippen molar-refractivity contribution in [1.82, 2.24) is 0 Å². The topological polar surface area (TPSA) is 34.1 Å². The van der Waals surface area contributed by atoms with Gasteiger partial charge in [0.1, 0.15) is 10.1 Å². The molecule has 128 valence electrons. The lowest BCUT2D eigenvalue weighted by molar-refractivity contribution is 0.0988. The van der Waals surface area contributed by atoms with Crippen LogP contribution in [-0.2, 0) is 0 Å². The SMILES string of the molecule is Cc1ccc(-c2cc3c(c4cc(C)ccc24)C(=O)C(Cl)=C(Cl)C3=O)cc1. The Balaban J connectivity index is 2.14. The highest BCUT2D eigenvalue weighted by Gasteiger charge is 2.33. The van der Waals surface area contributed by atoms with Gasteiger partial charge in [-0.25, -0.2) is 0 Å². The fourth-order valence-electron chi connectivity index (χ4n) is 3.36. The van der Waals surface area contributed by atoms with Crippen LogP contribution in [0, 0.1) is 13.8 Å². The minimum atomic E-state index is -0.414. The van der Waals surface area contributed by atoms with Crippen LogP contribution < -0.4 is 0 Å². The summed E-state index contributed by atoms with van der Waals surface area (Å²) in [5.74, 6) is -0.819. The van der Waals surface area contributed by atoms with Gasteiger partial charge >= 0.3 is 0 Å². The van der Waals surface area contributed by atoms with E-state index < -0.39 is 11.6 Å². The van der Waals surface area contributed by atoms with E-state index >= 15 is 0 Å². The van der Waals surface area contributed by atoms with Crippen molar-refractivity contribution < 1.29 is 9.59 Å². The van der Waals surface area contributed by atoms with Gasteiger partial charge in [-0.3, -0.25) is 9.59 Å². The molecule has 4 heteroatoms. The van der Waals surface area contributed by atoms with E-state index in [-0.39, 0.29) is 10.1 Å². The molecule has 0 saturated heterocycles. The van der Waals surface area contributed by atoms with E-state index in [1.54, 1.807) is 6.07 Å².